The van der Waals surface area contributed by atoms with Crippen molar-refractivity contribution in [1.29, 1.82) is 0 Å². The first-order chi connectivity index (χ1) is 10.8. The van der Waals surface area contributed by atoms with Gasteiger partial charge in [-0.25, -0.2) is 4.68 Å². The monoisotopic (exact) mass is 345 g/mol. The van der Waals surface area contributed by atoms with E-state index in [9.17, 15) is 18.0 Å². The molecule has 0 aliphatic carbocycles. The maximum Gasteiger partial charge on any atom is 0.416 e. The third-order valence-corrected chi connectivity index (χ3v) is 3.61. The first-order valence-electron chi connectivity index (χ1n) is 6.73. The maximum atomic E-state index is 12.7. The number of halogens is 4. The van der Waals surface area contributed by atoms with Gasteiger partial charge in [0.15, 0.2) is 5.69 Å². The summed E-state index contributed by atoms with van der Waals surface area (Å²) in [4.78, 5) is 12.2. The first kappa shape index (κ1) is 15.7. The highest BCUT2D eigenvalue weighted by atomic mass is 35.5. The Labute approximate surface area is 134 Å². The van der Waals surface area contributed by atoms with Gasteiger partial charge in [-0.1, -0.05) is 11.6 Å². The highest BCUT2D eigenvalue weighted by Gasteiger charge is 2.31. The largest absolute Gasteiger partial charge is 0.478 e. The second-order valence-corrected chi connectivity index (χ2v) is 5.35. The average Bonchev–Trinajstić information content (AvgIpc) is 2.92. The van der Waals surface area contributed by atoms with Crippen LogP contribution in [-0.2, 0) is 12.7 Å². The van der Waals surface area contributed by atoms with E-state index in [2.05, 4.69) is 10.4 Å². The van der Waals surface area contributed by atoms with Gasteiger partial charge in [-0.15, -0.1) is 0 Å². The zero-order chi connectivity index (χ0) is 16.6. The van der Waals surface area contributed by atoms with E-state index < -0.39 is 17.6 Å². The minimum absolute atomic E-state index is 0.00609. The van der Waals surface area contributed by atoms with E-state index in [1.165, 1.54) is 10.7 Å². The van der Waals surface area contributed by atoms with Crippen LogP contribution in [0.4, 0.5) is 18.9 Å². The van der Waals surface area contributed by atoms with Crippen LogP contribution in [0.5, 0.6) is 5.88 Å². The molecular weight excluding hydrogens is 335 g/mol. The van der Waals surface area contributed by atoms with Crippen LogP contribution < -0.4 is 10.1 Å². The molecule has 0 spiro atoms. The number of benzene rings is 1. The van der Waals surface area contributed by atoms with Crippen molar-refractivity contribution in [3.05, 3.63) is 40.5 Å². The molecule has 0 atom stereocenters. The number of nitrogens with one attached hydrogen (secondary N) is 1. The molecule has 5 nitrogen and oxygen atoms in total. The molecular formula is C14H11ClF3N3O2. The molecule has 1 N–H and O–H groups in total. The lowest BCUT2D eigenvalue weighted by Gasteiger charge is -2.13. The number of amides is 1. The van der Waals surface area contributed by atoms with Crippen LogP contribution in [0.25, 0.3) is 0 Å². The van der Waals surface area contributed by atoms with Gasteiger partial charge in [0, 0.05) is 19.0 Å². The number of aromatic nitrogens is 2. The number of anilines is 1. The zero-order valence-corrected chi connectivity index (χ0v) is 12.4. The van der Waals surface area contributed by atoms with Crippen LogP contribution >= 0.6 is 11.6 Å². The molecule has 1 aromatic carbocycles. The second kappa shape index (κ2) is 5.77. The lowest BCUT2D eigenvalue weighted by atomic mass is 10.2. The highest BCUT2D eigenvalue weighted by molar-refractivity contribution is 6.33. The minimum atomic E-state index is -4.52. The summed E-state index contributed by atoms with van der Waals surface area (Å²) >= 11 is 5.85. The summed E-state index contributed by atoms with van der Waals surface area (Å²) in [5.74, 6) is -0.201. The topological polar surface area (TPSA) is 56.2 Å². The zero-order valence-electron chi connectivity index (χ0n) is 11.7. The lowest BCUT2D eigenvalue weighted by Crippen LogP contribution is -2.16. The van der Waals surface area contributed by atoms with E-state index in [1.807, 2.05) is 0 Å². The summed E-state index contributed by atoms with van der Waals surface area (Å²) in [5.41, 5.74) is -0.974. The predicted molar refractivity (Wildman–Crippen MR) is 76.7 cm³/mol. The summed E-state index contributed by atoms with van der Waals surface area (Å²) in [6.07, 6.45) is -3.75. The molecule has 1 amide bonds. The van der Waals surface area contributed by atoms with E-state index in [0.29, 0.717) is 19.0 Å². The summed E-state index contributed by atoms with van der Waals surface area (Å²) < 4.78 is 45.1. The van der Waals surface area contributed by atoms with Crippen molar-refractivity contribution in [2.45, 2.75) is 19.1 Å². The number of carbonyl (C=O) groups is 1. The number of fused-ring (bicyclic) bond motifs is 1. The van der Waals surface area contributed by atoms with Crippen LogP contribution in [-0.4, -0.2) is 22.3 Å². The van der Waals surface area contributed by atoms with E-state index in [1.54, 1.807) is 0 Å². The smallest absolute Gasteiger partial charge is 0.416 e. The Hall–Kier alpha value is -2.22. The molecule has 122 valence electrons. The van der Waals surface area contributed by atoms with Gasteiger partial charge in [-0.05, 0) is 18.2 Å². The molecule has 23 heavy (non-hydrogen) atoms. The number of rotatable bonds is 2. The molecule has 0 radical (unpaired) electrons. The van der Waals surface area contributed by atoms with Crippen molar-refractivity contribution < 1.29 is 22.7 Å². The Morgan fingerprint density at radius 1 is 1.35 bits per heavy atom. The van der Waals surface area contributed by atoms with Crippen LogP contribution in [0, 0.1) is 0 Å². The number of nitrogens with zero attached hydrogens (tertiary/aromatic N) is 2. The first-order valence-corrected chi connectivity index (χ1v) is 7.11. The van der Waals surface area contributed by atoms with Gasteiger partial charge < -0.3 is 10.1 Å². The standard InChI is InChI=1S/C14H11ClF3N3O2/c15-9-3-2-8(14(16,17)18)6-10(9)19-13(22)11-7-12-21(20-11)4-1-5-23-12/h2-3,6-7H,1,4-5H2,(H,19,22). The molecule has 1 aliphatic rings. The van der Waals surface area contributed by atoms with Crippen molar-refractivity contribution in [1.82, 2.24) is 9.78 Å². The van der Waals surface area contributed by atoms with Crippen LogP contribution in [0.3, 0.4) is 0 Å². The SMILES string of the molecule is O=C(Nc1cc(C(F)(F)F)ccc1Cl)c1cc2n(n1)CCCO2. The Morgan fingerprint density at radius 2 is 2.13 bits per heavy atom. The number of aryl methyl sites for hydroxylation is 1. The molecule has 0 unspecified atom stereocenters. The van der Waals surface area contributed by atoms with Crippen LogP contribution in [0.15, 0.2) is 24.3 Å². The van der Waals surface area contributed by atoms with Crippen molar-refractivity contribution in [3.63, 3.8) is 0 Å². The number of hydrogen-bond donors (Lipinski definition) is 1. The fourth-order valence-electron chi connectivity index (χ4n) is 2.16. The molecule has 0 saturated heterocycles. The van der Waals surface area contributed by atoms with E-state index in [4.69, 9.17) is 16.3 Å². The Bertz CT molecular complexity index is 735. The molecule has 2 heterocycles. The molecule has 3 rings (SSSR count). The van der Waals surface area contributed by atoms with E-state index in [0.717, 1.165) is 24.6 Å². The number of alkyl halides is 3. The van der Waals surface area contributed by atoms with Gasteiger partial charge in [0.1, 0.15) is 0 Å². The molecule has 1 aliphatic heterocycles. The van der Waals surface area contributed by atoms with Gasteiger partial charge in [-0.2, -0.15) is 18.3 Å². The molecule has 1 aromatic heterocycles. The summed E-state index contributed by atoms with van der Waals surface area (Å²) in [6.45, 7) is 1.15. The number of hydrogen-bond acceptors (Lipinski definition) is 3. The van der Waals surface area contributed by atoms with Crippen molar-refractivity contribution >= 4 is 23.2 Å². The van der Waals surface area contributed by atoms with Gasteiger partial charge in [0.05, 0.1) is 22.9 Å². The van der Waals surface area contributed by atoms with E-state index in [-0.39, 0.29) is 16.4 Å². The third kappa shape index (κ3) is 3.26. The van der Waals surface area contributed by atoms with Crippen LogP contribution in [0.1, 0.15) is 22.5 Å². The summed E-state index contributed by atoms with van der Waals surface area (Å²) in [6, 6.07) is 4.16. The third-order valence-electron chi connectivity index (χ3n) is 3.28. The van der Waals surface area contributed by atoms with Gasteiger partial charge in [0.25, 0.3) is 5.91 Å². The molecule has 0 fully saturated rings. The molecule has 9 heteroatoms. The minimum Gasteiger partial charge on any atom is -0.478 e. The van der Waals surface area contributed by atoms with Gasteiger partial charge >= 0.3 is 6.18 Å². The Balaban J connectivity index is 1.84. The predicted octanol–water partition coefficient (Wildman–Crippen LogP) is 3.59. The molecule has 2 aromatic rings. The maximum absolute atomic E-state index is 12.7. The molecule has 0 bridgehead atoms. The average molecular weight is 346 g/mol. The summed E-state index contributed by atoms with van der Waals surface area (Å²) in [7, 11) is 0. The lowest BCUT2D eigenvalue weighted by molar-refractivity contribution is -0.137. The van der Waals surface area contributed by atoms with Gasteiger partial charge in [-0.3, -0.25) is 4.79 Å². The van der Waals surface area contributed by atoms with Crippen molar-refractivity contribution in [2.75, 3.05) is 11.9 Å². The summed E-state index contributed by atoms with van der Waals surface area (Å²) in [5, 5.41) is 6.41. The Morgan fingerprint density at radius 3 is 2.83 bits per heavy atom. The highest BCUT2D eigenvalue weighted by Crippen LogP contribution is 2.34. The van der Waals surface area contributed by atoms with Crippen molar-refractivity contribution in [2.24, 2.45) is 0 Å². The fraction of sp³-hybridized carbons (Fsp3) is 0.286. The van der Waals surface area contributed by atoms with E-state index >= 15 is 0 Å². The molecule has 0 saturated carbocycles. The Kier molecular flexibility index (Phi) is 3.93. The number of carbonyl (C=O) groups excluding carboxylic acids is 1. The quantitative estimate of drug-likeness (QED) is 0.905. The van der Waals surface area contributed by atoms with Crippen LogP contribution in [0.2, 0.25) is 5.02 Å². The second-order valence-electron chi connectivity index (χ2n) is 4.94. The number of ether oxygens (including phenoxy) is 1. The van der Waals surface area contributed by atoms with Crippen molar-refractivity contribution in [3.8, 4) is 5.88 Å². The normalized spacial score (nSPS) is 14.1. The fourth-order valence-corrected chi connectivity index (χ4v) is 2.33. The van der Waals surface area contributed by atoms with Gasteiger partial charge in [0.2, 0.25) is 5.88 Å².